The Labute approximate surface area is 169 Å². The number of piperidine rings is 3. The zero-order valence-electron chi connectivity index (χ0n) is 14.9. The molecule has 4 heterocycles. The van der Waals surface area contributed by atoms with Gasteiger partial charge in [0.25, 0.3) is 0 Å². The van der Waals surface area contributed by atoms with Gasteiger partial charge < -0.3 is 14.1 Å². The van der Waals surface area contributed by atoms with E-state index >= 15 is 0 Å². The normalized spacial score (nSPS) is 24.1. The molecule has 3 fully saturated rings. The molecule has 3 aromatic rings. The minimum Gasteiger partial charge on any atom is -0.436 e. The molecule has 1 aromatic heterocycles. The fourth-order valence-electron chi connectivity index (χ4n) is 4.07. The van der Waals surface area contributed by atoms with Gasteiger partial charge in [0.2, 0.25) is 5.89 Å². The Kier molecular flexibility index (Phi) is 5.42. The van der Waals surface area contributed by atoms with Gasteiger partial charge in [-0.2, -0.15) is 0 Å². The fraction of sp³-hybridized carbons (Fsp3) is 0.381. The van der Waals surface area contributed by atoms with Crippen molar-refractivity contribution in [1.29, 1.82) is 0 Å². The van der Waals surface area contributed by atoms with Crippen LogP contribution in [0, 0.1) is 5.92 Å². The quantitative estimate of drug-likeness (QED) is 0.600. The molecule has 0 saturated carbocycles. The van der Waals surface area contributed by atoms with Crippen molar-refractivity contribution in [2.75, 3.05) is 19.6 Å². The highest BCUT2D eigenvalue weighted by Crippen LogP contribution is 2.30. The van der Waals surface area contributed by atoms with E-state index in [1.165, 1.54) is 31.5 Å². The highest BCUT2D eigenvalue weighted by atomic mass is 35.5. The molecule has 3 aliphatic heterocycles. The van der Waals surface area contributed by atoms with Gasteiger partial charge in [0.05, 0.1) is 12.7 Å². The van der Waals surface area contributed by atoms with Crippen LogP contribution in [-0.4, -0.2) is 35.6 Å². The van der Waals surface area contributed by atoms with Gasteiger partial charge in [-0.25, -0.2) is 4.98 Å². The predicted molar refractivity (Wildman–Crippen MR) is 109 cm³/mol. The molecule has 2 aromatic carbocycles. The van der Waals surface area contributed by atoms with Gasteiger partial charge in [0.15, 0.2) is 5.58 Å². The first-order valence-electron chi connectivity index (χ1n) is 9.24. The number of hydrogen-bond donors (Lipinski definition) is 0. The molecule has 4 nitrogen and oxygen atoms in total. The van der Waals surface area contributed by atoms with Crippen LogP contribution in [0.5, 0.6) is 0 Å². The zero-order valence-corrected chi connectivity index (χ0v) is 16.5. The number of halogens is 2. The molecule has 0 amide bonds. The predicted octanol–water partition coefficient (Wildman–Crippen LogP) is 5.18. The average molecular weight is 405 g/mol. The van der Waals surface area contributed by atoms with E-state index in [9.17, 15) is 0 Å². The van der Waals surface area contributed by atoms with Crippen molar-refractivity contribution in [3.63, 3.8) is 0 Å². The lowest BCUT2D eigenvalue weighted by Crippen LogP contribution is -2.51. The molecule has 1 unspecified atom stereocenters. The molecule has 142 valence electrons. The Balaban J connectivity index is 0.00000180. The van der Waals surface area contributed by atoms with E-state index < -0.39 is 0 Å². The molecule has 0 N–H and O–H groups in total. The maximum Gasteiger partial charge on any atom is 0.227 e. The summed E-state index contributed by atoms with van der Waals surface area (Å²) in [7, 11) is 0. The lowest BCUT2D eigenvalue weighted by molar-refractivity contribution is -0.0765. The van der Waals surface area contributed by atoms with Crippen LogP contribution in [0.3, 0.4) is 0 Å². The van der Waals surface area contributed by atoms with Crippen LogP contribution >= 0.6 is 24.0 Å². The zero-order chi connectivity index (χ0) is 17.5. The van der Waals surface area contributed by atoms with Gasteiger partial charge in [0.1, 0.15) is 5.52 Å². The second kappa shape index (κ2) is 7.80. The van der Waals surface area contributed by atoms with Crippen LogP contribution < -0.4 is 0 Å². The molecule has 2 bridgehead atoms. The molecule has 0 spiro atoms. The highest BCUT2D eigenvalue weighted by Gasteiger charge is 2.34. The lowest BCUT2D eigenvalue weighted by Gasteiger charge is -2.44. The lowest BCUT2D eigenvalue weighted by atomic mass is 9.86. The Morgan fingerprint density at radius 1 is 1.11 bits per heavy atom. The van der Waals surface area contributed by atoms with Gasteiger partial charge in [-0.1, -0.05) is 23.7 Å². The van der Waals surface area contributed by atoms with E-state index in [0.29, 0.717) is 23.6 Å². The standard InChI is InChI=1S/C21H21ClN2O2.ClH/c22-17-5-6-19-18(11-17)23-21(26-19)16-3-1-14(2-4-16)13-25-20-12-24-9-7-15(20)8-10-24;/h1-6,11,15,20H,7-10,12-13H2;1H. The third-order valence-corrected chi connectivity index (χ3v) is 5.85. The summed E-state index contributed by atoms with van der Waals surface area (Å²) >= 11 is 6.02. The largest absolute Gasteiger partial charge is 0.436 e. The van der Waals surface area contributed by atoms with Crippen molar-refractivity contribution in [2.24, 2.45) is 5.92 Å². The topological polar surface area (TPSA) is 38.5 Å². The average Bonchev–Trinajstić information content (AvgIpc) is 3.11. The van der Waals surface area contributed by atoms with Crippen molar-refractivity contribution in [3.8, 4) is 11.5 Å². The summed E-state index contributed by atoms with van der Waals surface area (Å²) < 4.78 is 12.0. The molecule has 1 atom stereocenters. The SMILES string of the molecule is Cl.Clc1ccc2oc(-c3ccc(COC4CN5CCC4CC5)cc3)nc2c1. The summed E-state index contributed by atoms with van der Waals surface area (Å²) in [6, 6.07) is 13.8. The molecule has 0 aliphatic carbocycles. The summed E-state index contributed by atoms with van der Waals surface area (Å²) in [6.07, 6.45) is 2.95. The van der Waals surface area contributed by atoms with Gasteiger partial charge >= 0.3 is 0 Å². The molecular weight excluding hydrogens is 383 g/mol. The maximum atomic E-state index is 6.21. The van der Waals surface area contributed by atoms with Crippen LogP contribution in [0.2, 0.25) is 5.02 Å². The van der Waals surface area contributed by atoms with E-state index in [1.807, 2.05) is 30.3 Å². The van der Waals surface area contributed by atoms with Gasteiger partial charge in [-0.05, 0) is 67.7 Å². The third-order valence-electron chi connectivity index (χ3n) is 5.61. The van der Waals surface area contributed by atoms with Crippen molar-refractivity contribution in [1.82, 2.24) is 9.88 Å². The number of fused-ring (bicyclic) bond motifs is 4. The Morgan fingerprint density at radius 3 is 2.59 bits per heavy atom. The number of hydrogen-bond acceptors (Lipinski definition) is 4. The van der Waals surface area contributed by atoms with Gasteiger partial charge in [0, 0.05) is 17.1 Å². The van der Waals surface area contributed by atoms with Crippen LogP contribution in [-0.2, 0) is 11.3 Å². The van der Waals surface area contributed by atoms with E-state index in [-0.39, 0.29) is 12.4 Å². The molecular formula is C21H22Cl2N2O2. The van der Waals surface area contributed by atoms with Crippen LogP contribution in [0.4, 0.5) is 0 Å². The number of nitrogens with zero attached hydrogens (tertiary/aromatic N) is 2. The smallest absolute Gasteiger partial charge is 0.227 e. The van der Waals surface area contributed by atoms with Crippen molar-refractivity contribution >= 4 is 35.1 Å². The number of benzene rings is 2. The van der Waals surface area contributed by atoms with Crippen LogP contribution in [0.25, 0.3) is 22.6 Å². The van der Waals surface area contributed by atoms with Crippen molar-refractivity contribution in [3.05, 3.63) is 53.1 Å². The number of oxazole rings is 1. The Morgan fingerprint density at radius 2 is 1.89 bits per heavy atom. The first-order valence-corrected chi connectivity index (χ1v) is 9.62. The Hall–Kier alpha value is -1.59. The van der Waals surface area contributed by atoms with Gasteiger partial charge in [-0.15, -0.1) is 12.4 Å². The van der Waals surface area contributed by atoms with E-state index in [4.69, 9.17) is 20.8 Å². The number of aromatic nitrogens is 1. The summed E-state index contributed by atoms with van der Waals surface area (Å²) in [6.45, 7) is 4.25. The monoisotopic (exact) mass is 404 g/mol. The van der Waals surface area contributed by atoms with E-state index in [1.54, 1.807) is 0 Å². The molecule has 3 aliphatic rings. The number of ether oxygens (including phenoxy) is 1. The molecule has 6 rings (SSSR count). The first-order chi connectivity index (χ1) is 12.7. The van der Waals surface area contributed by atoms with Crippen LogP contribution in [0.15, 0.2) is 46.9 Å². The van der Waals surface area contributed by atoms with Crippen molar-refractivity contribution < 1.29 is 9.15 Å². The summed E-state index contributed by atoms with van der Waals surface area (Å²) in [4.78, 5) is 7.05. The summed E-state index contributed by atoms with van der Waals surface area (Å²) in [5.41, 5.74) is 3.68. The minimum absolute atomic E-state index is 0. The summed E-state index contributed by atoms with van der Waals surface area (Å²) in [5.74, 6) is 1.36. The minimum atomic E-state index is 0. The molecule has 27 heavy (non-hydrogen) atoms. The fourth-order valence-corrected chi connectivity index (χ4v) is 4.24. The second-order valence-corrected chi connectivity index (χ2v) is 7.75. The van der Waals surface area contributed by atoms with Crippen LogP contribution in [0.1, 0.15) is 18.4 Å². The second-order valence-electron chi connectivity index (χ2n) is 7.32. The van der Waals surface area contributed by atoms with E-state index in [0.717, 1.165) is 29.1 Å². The van der Waals surface area contributed by atoms with Crippen molar-refractivity contribution in [2.45, 2.75) is 25.6 Å². The summed E-state index contributed by atoms with van der Waals surface area (Å²) in [5, 5.41) is 0.664. The maximum absolute atomic E-state index is 6.21. The molecule has 0 radical (unpaired) electrons. The first kappa shape index (κ1) is 18.8. The number of rotatable bonds is 4. The highest BCUT2D eigenvalue weighted by molar-refractivity contribution is 6.31. The Bertz CT molecular complexity index is 918. The van der Waals surface area contributed by atoms with E-state index in [2.05, 4.69) is 22.0 Å². The molecule has 3 saturated heterocycles. The van der Waals surface area contributed by atoms with Gasteiger partial charge in [-0.3, -0.25) is 0 Å². The molecule has 6 heteroatoms. The third kappa shape index (κ3) is 3.85.